The van der Waals surface area contributed by atoms with Crippen molar-refractivity contribution in [2.75, 3.05) is 13.2 Å². The lowest BCUT2D eigenvalue weighted by atomic mass is 9.96. The van der Waals surface area contributed by atoms with Crippen LogP contribution in [0.3, 0.4) is 0 Å². The number of hydrogen-bond donors (Lipinski definition) is 2. The average Bonchev–Trinajstić information content (AvgIpc) is 2.66. The van der Waals surface area contributed by atoms with Crippen LogP contribution in [0.2, 0.25) is 0 Å². The van der Waals surface area contributed by atoms with Gasteiger partial charge in [-0.15, -0.1) is 0 Å². The molecule has 0 radical (unpaired) electrons. The molecule has 0 bridgehead atoms. The maximum atomic E-state index is 13.2. The number of urea groups is 1. The van der Waals surface area contributed by atoms with Crippen molar-refractivity contribution in [3.8, 4) is 11.5 Å². The Morgan fingerprint density at radius 3 is 2.22 bits per heavy atom. The van der Waals surface area contributed by atoms with Crippen molar-refractivity contribution in [2.45, 2.75) is 32.9 Å². The van der Waals surface area contributed by atoms with E-state index < -0.39 is 0 Å². The van der Waals surface area contributed by atoms with E-state index in [0.29, 0.717) is 19.0 Å². The lowest BCUT2D eigenvalue weighted by Gasteiger charge is -2.25. The van der Waals surface area contributed by atoms with E-state index >= 15 is 0 Å². The van der Waals surface area contributed by atoms with Gasteiger partial charge < -0.3 is 20.1 Å². The summed E-state index contributed by atoms with van der Waals surface area (Å²) in [4.78, 5) is 12.5. The Bertz CT molecular complexity index is 793. The van der Waals surface area contributed by atoms with Crippen LogP contribution in [-0.2, 0) is 0 Å². The minimum absolute atomic E-state index is 0.158. The van der Waals surface area contributed by atoms with Gasteiger partial charge in [0.15, 0.2) is 11.5 Å². The van der Waals surface area contributed by atoms with E-state index in [0.717, 1.165) is 16.9 Å². The summed E-state index contributed by atoms with van der Waals surface area (Å²) in [7, 11) is 0. The van der Waals surface area contributed by atoms with Crippen molar-refractivity contribution in [1.82, 2.24) is 10.6 Å². The first-order chi connectivity index (χ1) is 12.9. The fraction of sp³-hybridized carbons (Fsp3) is 0.381. The first-order valence-corrected chi connectivity index (χ1v) is 9.16. The summed E-state index contributed by atoms with van der Waals surface area (Å²) in [6.45, 7) is 7.00. The van der Waals surface area contributed by atoms with Crippen LogP contribution in [-0.4, -0.2) is 19.2 Å². The van der Waals surface area contributed by atoms with Crippen LogP contribution >= 0.6 is 0 Å². The Hall–Kier alpha value is -2.76. The predicted molar refractivity (Wildman–Crippen MR) is 101 cm³/mol. The third kappa shape index (κ3) is 4.70. The molecule has 0 unspecified atom stereocenters. The van der Waals surface area contributed by atoms with Gasteiger partial charge in [0.2, 0.25) is 0 Å². The van der Waals surface area contributed by atoms with Gasteiger partial charge in [-0.1, -0.05) is 32.0 Å². The largest absolute Gasteiger partial charge is 0.486 e. The molecule has 2 aromatic carbocycles. The summed E-state index contributed by atoms with van der Waals surface area (Å²) in [5.74, 6) is 1.28. The summed E-state index contributed by atoms with van der Waals surface area (Å²) in [6, 6.07) is 11.2. The summed E-state index contributed by atoms with van der Waals surface area (Å²) in [6.07, 6.45) is 0. The predicted octanol–water partition coefficient (Wildman–Crippen LogP) is 4.35. The van der Waals surface area contributed by atoms with Crippen molar-refractivity contribution >= 4 is 6.03 Å². The summed E-state index contributed by atoms with van der Waals surface area (Å²) >= 11 is 0. The Morgan fingerprint density at radius 1 is 0.926 bits per heavy atom. The summed E-state index contributed by atoms with van der Waals surface area (Å²) < 4.78 is 24.3. The molecule has 0 fully saturated rings. The van der Waals surface area contributed by atoms with Crippen molar-refractivity contribution < 1.29 is 18.7 Å². The van der Waals surface area contributed by atoms with E-state index in [2.05, 4.69) is 10.6 Å². The molecule has 2 aromatic rings. The number of fused-ring (bicyclic) bond motifs is 1. The number of carbonyl (C=O) groups is 1. The minimum atomic E-state index is -0.294. The molecule has 2 N–H and O–H groups in total. The molecule has 5 nitrogen and oxygen atoms in total. The first kappa shape index (κ1) is 19.0. The molecule has 2 amide bonds. The lowest BCUT2D eigenvalue weighted by molar-refractivity contribution is 0.171. The third-order valence-corrected chi connectivity index (χ3v) is 4.60. The second-order valence-electron chi connectivity index (χ2n) is 7.02. The maximum absolute atomic E-state index is 13.2. The van der Waals surface area contributed by atoms with Gasteiger partial charge in [0.1, 0.15) is 19.0 Å². The zero-order valence-electron chi connectivity index (χ0n) is 15.8. The highest BCUT2D eigenvalue weighted by Gasteiger charge is 2.20. The Balaban J connectivity index is 1.65. The highest BCUT2D eigenvalue weighted by Crippen LogP contribution is 2.32. The van der Waals surface area contributed by atoms with Crippen LogP contribution < -0.4 is 20.1 Å². The van der Waals surface area contributed by atoms with E-state index in [1.807, 2.05) is 39.0 Å². The first-order valence-electron chi connectivity index (χ1n) is 9.16. The summed E-state index contributed by atoms with van der Waals surface area (Å²) in [5.41, 5.74) is 1.80. The van der Waals surface area contributed by atoms with Gasteiger partial charge in [-0.25, -0.2) is 9.18 Å². The van der Waals surface area contributed by atoms with Crippen molar-refractivity contribution in [3.05, 3.63) is 59.4 Å². The zero-order chi connectivity index (χ0) is 19.4. The molecule has 6 heteroatoms. The third-order valence-electron chi connectivity index (χ3n) is 4.60. The van der Waals surface area contributed by atoms with E-state index in [1.54, 1.807) is 12.1 Å². The number of carbonyl (C=O) groups excluding carboxylic acids is 1. The van der Waals surface area contributed by atoms with Gasteiger partial charge in [-0.2, -0.15) is 0 Å². The van der Waals surface area contributed by atoms with Crippen LogP contribution in [0.25, 0.3) is 0 Å². The van der Waals surface area contributed by atoms with Crippen LogP contribution in [0, 0.1) is 11.7 Å². The monoisotopic (exact) mass is 372 g/mol. The molecule has 1 aliphatic rings. The number of nitrogens with one attached hydrogen (secondary N) is 2. The summed E-state index contributed by atoms with van der Waals surface area (Å²) in [5, 5.41) is 5.94. The van der Waals surface area contributed by atoms with Crippen molar-refractivity contribution in [1.29, 1.82) is 0 Å². The van der Waals surface area contributed by atoms with Gasteiger partial charge in [0.25, 0.3) is 0 Å². The molecule has 0 aliphatic carbocycles. The molecular formula is C21H25FN2O3. The number of amides is 2. The molecule has 0 saturated carbocycles. The van der Waals surface area contributed by atoms with Gasteiger partial charge in [0.05, 0.1) is 12.1 Å². The number of hydrogen-bond acceptors (Lipinski definition) is 3. The highest BCUT2D eigenvalue weighted by molar-refractivity contribution is 5.75. The van der Waals surface area contributed by atoms with Crippen LogP contribution in [0.4, 0.5) is 9.18 Å². The second kappa shape index (κ2) is 8.29. The Kier molecular flexibility index (Phi) is 5.84. The van der Waals surface area contributed by atoms with E-state index in [1.165, 1.54) is 12.1 Å². The fourth-order valence-electron chi connectivity index (χ4n) is 3.10. The number of halogens is 1. The lowest BCUT2D eigenvalue weighted by Crippen LogP contribution is -2.40. The quantitative estimate of drug-likeness (QED) is 0.820. The standard InChI is InChI=1S/C21H25FN2O3/c1-13(2)20(15-4-7-17(22)8-5-15)24-21(25)23-14(3)16-6-9-18-19(12-16)27-11-10-26-18/h4-9,12-14,20H,10-11H2,1-3H3,(H2,23,24,25)/t14-,20-/m1/s1. The van der Waals surface area contributed by atoms with Crippen molar-refractivity contribution in [2.24, 2.45) is 5.92 Å². The fourth-order valence-corrected chi connectivity index (χ4v) is 3.10. The van der Waals surface area contributed by atoms with Gasteiger partial charge in [0, 0.05) is 0 Å². The van der Waals surface area contributed by atoms with Crippen molar-refractivity contribution in [3.63, 3.8) is 0 Å². The smallest absolute Gasteiger partial charge is 0.315 e. The molecule has 1 heterocycles. The van der Waals surface area contributed by atoms with Gasteiger partial charge >= 0.3 is 6.03 Å². The number of rotatable bonds is 5. The van der Waals surface area contributed by atoms with E-state index in [9.17, 15) is 9.18 Å². The molecule has 27 heavy (non-hydrogen) atoms. The van der Waals surface area contributed by atoms with Crippen LogP contribution in [0.5, 0.6) is 11.5 Å². The number of benzene rings is 2. The molecule has 0 aromatic heterocycles. The van der Waals surface area contributed by atoms with E-state index in [-0.39, 0.29) is 29.8 Å². The average molecular weight is 372 g/mol. The van der Waals surface area contributed by atoms with Gasteiger partial charge in [-0.05, 0) is 48.2 Å². The Labute approximate surface area is 158 Å². The molecule has 3 rings (SSSR count). The molecule has 1 aliphatic heterocycles. The molecule has 144 valence electrons. The zero-order valence-corrected chi connectivity index (χ0v) is 15.8. The maximum Gasteiger partial charge on any atom is 0.315 e. The topological polar surface area (TPSA) is 59.6 Å². The molecular weight excluding hydrogens is 347 g/mol. The Morgan fingerprint density at radius 2 is 1.56 bits per heavy atom. The van der Waals surface area contributed by atoms with Crippen LogP contribution in [0.1, 0.15) is 44.0 Å². The normalized spacial score (nSPS) is 15.1. The molecule has 2 atom stereocenters. The SMILES string of the molecule is CC(C)[C@@H](NC(=O)N[C@H](C)c1ccc2c(c1)OCCO2)c1ccc(F)cc1. The second-order valence-corrected chi connectivity index (χ2v) is 7.02. The minimum Gasteiger partial charge on any atom is -0.486 e. The highest BCUT2D eigenvalue weighted by atomic mass is 19.1. The number of ether oxygens (including phenoxy) is 2. The van der Waals surface area contributed by atoms with Gasteiger partial charge in [-0.3, -0.25) is 0 Å². The van der Waals surface area contributed by atoms with Crippen LogP contribution in [0.15, 0.2) is 42.5 Å². The molecule has 0 spiro atoms. The molecule has 0 saturated heterocycles. The van der Waals surface area contributed by atoms with E-state index in [4.69, 9.17) is 9.47 Å².